The first-order valence-electron chi connectivity index (χ1n) is 5.25. The van der Waals surface area contributed by atoms with Crippen molar-refractivity contribution < 1.29 is 4.79 Å². The molecule has 15 heavy (non-hydrogen) atoms. The van der Waals surface area contributed by atoms with E-state index < -0.39 is 0 Å². The lowest BCUT2D eigenvalue weighted by atomic mass is 10.2. The first kappa shape index (κ1) is 9.96. The summed E-state index contributed by atoms with van der Waals surface area (Å²) in [6, 6.07) is 4.14. The maximum absolute atomic E-state index is 11.3. The van der Waals surface area contributed by atoms with E-state index in [9.17, 15) is 4.79 Å². The molecule has 80 valence electrons. The van der Waals surface area contributed by atoms with Crippen LogP contribution in [-0.2, 0) is 11.2 Å². The predicted molar refractivity (Wildman–Crippen MR) is 58.3 cm³/mol. The van der Waals surface area contributed by atoms with Gasteiger partial charge in [-0.15, -0.1) is 0 Å². The van der Waals surface area contributed by atoms with E-state index in [0.717, 1.165) is 17.8 Å². The summed E-state index contributed by atoms with van der Waals surface area (Å²) in [4.78, 5) is 15.6. The highest BCUT2D eigenvalue weighted by molar-refractivity contribution is 5.82. The largest absolute Gasteiger partial charge is 0.273 e. The Morgan fingerprint density at radius 3 is 3.07 bits per heavy atom. The highest BCUT2D eigenvalue weighted by Gasteiger charge is 2.28. The van der Waals surface area contributed by atoms with Gasteiger partial charge in [-0.05, 0) is 25.0 Å². The van der Waals surface area contributed by atoms with Crippen LogP contribution in [0, 0.1) is 0 Å². The molecule has 1 fully saturated rings. The Bertz CT molecular complexity index is 378. The molecule has 1 unspecified atom stereocenters. The molecule has 1 saturated heterocycles. The van der Waals surface area contributed by atoms with Crippen molar-refractivity contribution in [3.63, 3.8) is 0 Å². The molecule has 1 amide bonds. The minimum absolute atomic E-state index is 0.0650. The van der Waals surface area contributed by atoms with Crippen molar-refractivity contribution in [1.82, 2.24) is 10.4 Å². The van der Waals surface area contributed by atoms with Crippen LogP contribution in [-0.4, -0.2) is 16.9 Å². The van der Waals surface area contributed by atoms with Gasteiger partial charge in [0.25, 0.3) is 0 Å². The van der Waals surface area contributed by atoms with E-state index in [1.54, 1.807) is 6.20 Å². The molecular weight excluding hydrogens is 190 g/mol. The molecule has 1 aromatic heterocycles. The van der Waals surface area contributed by atoms with Crippen LogP contribution in [0.3, 0.4) is 0 Å². The fraction of sp³-hybridized carbons (Fsp3) is 0.455. The van der Waals surface area contributed by atoms with Gasteiger partial charge in [0, 0.05) is 6.20 Å². The molecule has 4 heteroatoms. The predicted octanol–water partition coefficient (Wildman–Crippen LogP) is 1.27. The van der Waals surface area contributed by atoms with Crippen LogP contribution >= 0.6 is 0 Å². The Labute approximate surface area is 89.3 Å². The lowest BCUT2D eigenvalue weighted by Gasteiger charge is -2.23. The number of aryl methyl sites for hydroxylation is 1. The first-order chi connectivity index (χ1) is 7.22. The standard InChI is InChI=1S/C11H15N3O/c1-3-9-5-4-6-12-11(9)14-8(2)7-10(15)13-14/h4-6,8H,3,7H2,1-2H3,(H,13,15). The van der Waals surface area contributed by atoms with Gasteiger partial charge < -0.3 is 0 Å². The molecule has 1 atom stereocenters. The number of hydrazine groups is 1. The van der Waals surface area contributed by atoms with Crippen LogP contribution in [0.2, 0.25) is 0 Å². The van der Waals surface area contributed by atoms with Crippen molar-refractivity contribution in [1.29, 1.82) is 0 Å². The molecular formula is C11H15N3O. The Hall–Kier alpha value is -1.58. The van der Waals surface area contributed by atoms with E-state index in [-0.39, 0.29) is 11.9 Å². The minimum Gasteiger partial charge on any atom is -0.273 e. The number of rotatable bonds is 2. The van der Waals surface area contributed by atoms with Gasteiger partial charge >= 0.3 is 0 Å². The number of anilines is 1. The maximum atomic E-state index is 11.3. The van der Waals surface area contributed by atoms with Crippen LogP contribution in [0.25, 0.3) is 0 Å². The number of amides is 1. The Morgan fingerprint density at radius 1 is 1.67 bits per heavy atom. The molecule has 0 aliphatic carbocycles. The molecule has 2 heterocycles. The molecule has 1 aromatic rings. The molecule has 2 rings (SSSR count). The summed E-state index contributed by atoms with van der Waals surface area (Å²) in [5.41, 5.74) is 3.99. The molecule has 0 saturated carbocycles. The monoisotopic (exact) mass is 205 g/mol. The average Bonchev–Trinajstić information content (AvgIpc) is 2.57. The summed E-state index contributed by atoms with van der Waals surface area (Å²) in [6.07, 6.45) is 3.22. The molecule has 4 nitrogen and oxygen atoms in total. The maximum Gasteiger partial charge on any atom is 0.240 e. The zero-order valence-electron chi connectivity index (χ0n) is 9.03. The van der Waals surface area contributed by atoms with Crippen molar-refractivity contribution in [2.45, 2.75) is 32.7 Å². The quantitative estimate of drug-likeness (QED) is 0.791. The van der Waals surface area contributed by atoms with E-state index in [0.29, 0.717) is 6.42 Å². The summed E-state index contributed by atoms with van der Waals surface area (Å²) in [5, 5.41) is 1.86. The van der Waals surface area contributed by atoms with Gasteiger partial charge in [0.05, 0.1) is 12.5 Å². The molecule has 1 aliphatic rings. The number of nitrogens with zero attached hydrogens (tertiary/aromatic N) is 2. The third-order valence-corrected chi connectivity index (χ3v) is 2.64. The van der Waals surface area contributed by atoms with Gasteiger partial charge in [-0.1, -0.05) is 13.0 Å². The molecule has 0 aromatic carbocycles. The third kappa shape index (κ3) is 1.79. The van der Waals surface area contributed by atoms with Gasteiger partial charge in [-0.3, -0.25) is 15.2 Å². The summed E-state index contributed by atoms with van der Waals surface area (Å²) in [5.74, 6) is 0.938. The van der Waals surface area contributed by atoms with Crippen LogP contribution in [0.1, 0.15) is 25.8 Å². The number of hydrogen-bond donors (Lipinski definition) is 1. The number of hydrogen-bond acceptors (Lipinski definition) is 3. The van der Waals surface area contributed by atoms with Crippen molar-refractivity contribution in [3.8, 4) is 0 Å². The number of aromatic nitrogens is 1. The minimum atomic E-state index is 0.0650. The number of carbonyl (C=O) groups excluding carboxylic acids is 1. The van der Waals surface area contributed by atoms with Gasteiger partial charge in [0.2, 0.25) is 5.91 Å². The van der Waals surface area contributed by atoms with Crippen molar-refractivity contribution >= 4 is 11.7 Å². The van der Waals surface area contributed by atoms with Crippen LogP contribution in [0.5, 0.6) is 0 Å². The van der Waals surface area contributed by atoms with Crippen LogP contribution in [0.4, 0.5) is 5.82 Å². The molecule has 1 aliphatic heterocycles. The third-order valence-electron chi connectivity index (χ3n) is 2.64. The summed E-state index contributed by atoms with van der Waals surface area (Å²) < 4.78 is 0. The average molecular weight is 205 g/mol. The zero-order valence-corrected chi connectivity index (χ0v) is 9.03. The van der Waals surface area contributed by atoms with E-state index in [1.165, 1.54) is 0 Å². The summed E-state index contributed by atoms with van der Waals surface area (Å²) >= 11 is 0. The smallest absolute Gasteiger partial charge is 0.240 e. The van der Waals surface area contributed by atoms with Gasteiger partial charge in [-0.25, -0.2) is 4.98 Å². The van der Waals surface area contributed by atoms with Gasteiger partial charge in [-0.2, -0.15) is 0 Å². The SMILES string of the molecule is CCc1cccnc1N1NC(=O)CC1C. The van der Waals surface area contributed by atoms with E-state index >= 15 is 0 Å². The fourth-order valence-electron chi connectivity index (χ4n) is 1.83. The second kappa shape index (κ2) is 3.88. The summed E-state index contributed by atoms with van der Waals surface area (Å²) in [6.45, 7) is 4.11. The fourth-order valence-corrected chi connectivity index (χ4v) is 1.83. The molecule has 0 bridgehead atoms. The molecule has 1 N–H and O–H groups in total. The lowest BCUT2D eigenvalue weighted by Crippen LogP contribution is -2.38. The first-order valence-corrected chi connectivity index (χ1v) is 5.25. The number of nitrogens with one attached hydrogen (secondary N) is 1. The Balaban J connectivity index is 2.32. The number of carbonyl (C=O) groups is 1. The van der Waals surface area contributed by atoms with Crippen LogP contribution < -0.4 is 10.4 Å². The van der Waals surface area contributed by atoms with Gasteiger partial charge in [0.15, 0.2) is 0 Å². The Morgan fingerprint density at radius 2 is 2.47 bits per heavy atom. The van der Waals surface area contributed by atoms with Crippen LogP contribution in [0.15, 0.2) is 18.3 Å². The van der Waals surface area contributed by atoms with Crippen molar-refractivity contribution in [3.05, 3.63) is 23.9 Å². The molecule has 0 spiro atoms. The van der Waals surface area contributed by atoms with E-state index in [1.807, 2.05) is 24.1 Å². The van der Waals surface area contributed by atoms with E-state index in [4.69, 9.17) is 0 Å². The number of pyridine rings is 1. The topological polar surface area (TPSA) is 45.2 Å². The summed E-state index contributed by atoms with van der Waals surface area (Å²) in [7, 11) is 0. The lowest BCUT2D eigenvalue weighted by molar-refractivity contribution is -0.119. The van der Waals surface area contributed by atoms with E-state index in [2.05, 4.69) is 17.3 Å². The second-order valence-electron chi connectivity index (χ2n) is 3.80. The highest BCUT2D eigenvalue weighted by atomic mass is 16.2. The zero-order chi connectivity index (χ0) is 10.8. The Kier molecular flexibility index (Phi) is 2.58. The van der Waals surface area contributed by atoms with Gasteiger partial charge in [0.1, 0.15) is 5.82 Å². The van der Waals surface area contributed by atoms with Crippen molar-refractivity contribution in [2.75, 3.05) is 5.01 Å². The second-order valence-corrected chi connectivity index (χ2v) is 3.80. The van der Waals surface area contributed by atoms with Crippen molar-refractivity contribution in [2.24, 2.45) is 0 Å². The highest BCUT2D eigenvalue weighted by Crippen LogP contribution is 2.22. The normalized spacial score (nSPS) is 20.5. The molecule has 0 radical (unpaired) electrons.